The van der Waals surface area contributed by atoms with Crippen LogP contribution in [0.2, 0.25) is 0 Å². The number of hydrogen-bond donors (Lipinski definition) is 1. The lowest BCUT2D eigenvalue weighted by Gasteiger charge is -2.06. The van der Waals surface area contributed by atoms with E-state index in [0.29, 0.717) is 5.82 Å². The zero-order chi connectivity index (χ0) is 11.3. The molecule has 0 unspecified atom stereocenters. The van der Waals surface area contributed by atoms with Crippen LogP contribution in [0.3, 0.4) is 0 Å². The van der Waals surface area contributed by atoms with E-state index in [9.17, 15) is 17.6 Å². The molecule has 1 aromatic rings. The van der Waals surface area contributed by atoms with Gasteiger partial charge in [0.25, 0.3) is 0 Å². The molecule has 0 aromatic carbocycles. The smallest absolute Gasteiger partial charge is 0.369 e. The zero-order valence-corrected chi connectivity index (χ0v) is 8.33. The van der Waals surface area contributed by atoms with Gasteiger partial charge in [0.2, 0.25) is 0 Å². The Morgan fingerprint density at radius 2 is 2.07 bits per heavy atom. The van der Waals surface area contributed by atoms with Crippen molar-refractivity contribution in [1.29, 1.82) is 0 Å². The first kappa shape index (κ1) is 12.1. The van der Waals surface area contributed by atoms with Crippen molar-refractivity contribution in [2.24, 2.45) is 0 Å². The number of hydrogen-bond acceptors (Lipinski definition) is 3. The summed E-state index contributed by atoms with van der Waals surface area (Å²) in [6.07, 6.45) is 0.999. The van der Waals surface area contributed by atoms with E-state index in [4.69, 9.17) is 0 Å². The van der Waals surface area contributed by atoms with E-state index in [1.807, 2.05) is 0 Å². The molecule has 7 heteroatoms. The Hall–Kier alpha value is -0.980. The van der Waals surface area contributed by atoms with Crippen molar-refractivity contribution in [2.75, 3.05) is 17.6 Å². The molecule has 1 N–H and O–H groups in total. The Morgan fingerprint density at radius 1 is 1.33 bits per heavy atom. The molecule has 1 aromatic heterocycles. The Labute approximate surface area is 88.1 Å². The molecule has 0 radical (unpaired) electrons. The average molecular weight is 240 g/mol. The van der Waals surface area contributed by atoms with Gasteiger partial charge in [-0.25, -0.2) is 9.37 Å². The maximum atomic E-state index is 12.4. The van der Waals surface area contributed by atoms with E-state index in [-0.39, 0.29) is 24.1 Å². The van der Waals surface area contributed by atoms with Gasteiger partial charge in [-0.2, -0.15) is 13.2 Å². The number of halogens is 4. The Balaban J connectivity index is 2.23. The molecule has 15 heavy (non-hydrogen) atoms. The van der Waals surface area contributed by atoms with Crippen LogP contribution in [0.5, 0.6) is 0 Å². The van der Waals surface area contributed by atoms with Crippen LogP contribution in [-0.2, 0) is 0 Å². The van der Waals surface area contributed by atoms with E-state index < -0.39 is 11.3 Å². The van der Waals surface area contributed by atoms with Crippen LogP contribution in [0, 0.1) is 5.82 Å². The minimum atomic E-state index is -4.21. The van der Waals surface area contributed by atoms with Crippen molar-refractivity contribution in [2.45, 2.75) is 5.51 Å². The lowest BCUT2D eigenvalue weighted by molar-refractivity contribution is -0.0327. The lowest BCUT2D eigenvalue weighted by Crippen LogP contribution is -2.10. The molecule has 0 saturated carbocycles. The number of rotatable bonds is 4. The number of thioether (sulfide) groups is 1. The molecule has 0 amide bonds. The van der Waals surface area contributed by atoms with Gasteiger partial charge in [0.1, 0.15) is 11.6 Å². The maximum Gasteiger partial charge on any atom is 0.441 e. The third kappa shape index (κ3) is 5.46. The molecule has 0 aliphatic heterocycles. The predicted molar refractivity (Wildman–Crippen MR) is 51.2 cm³/mol. The first-order chi connectivity index (χ1) is 6.97. The molecular weight excluding hydrogens is 232 g/mol. The van der Waals surface area contributed by atoms with Gasteiger partial charge in [-0.15, -0.1) is 0 Å². The van der Waals surface area contributed by atoms with Crippen molar-refractivity contribution in [3.05, 3.63) is 24.1 Å². The van der Waals surface area contributed by atoms with Crippen molar-refractivity contribution >= 4 is 17.6 Å². The van der Waals surface area contributed by atoms with Crippen LogP contribution in [0.1, 0.15) is 0 Å². The van der Waals surface area contributed by atoms with Crippen molar-refractivity contribution in [3.8, 4) is 0 Å². The molecule has 0 aliphatic rings. The number of nitrogens with one attached hydrogen (secondary N) is 1. The van der Waals surface area contributed by atoms with E-state index >= 15 is 0 Å². The molecule has 1 rings (SSSR count). The summed E-state index contributed by atoms with van der Waals surface area (Å²) in [5.41, 5.74) is -4.21. The molecule has 0 fully saturated rings. The summed E-state index contributed by atoms with van der Waals surface area (Å²) in [6.45, 7) is 0.128. The van der Waals surface area contributed by atoms with Crippen LogP contribution < -0.4 is 5.32 Å². The molecule has 1 heterocycles. The van der Waals surface area contributed by atoms with E-state index in [1.54, 1.807) is 0 Å². The Bertz CT molecular complexity index is 299. The number of anilines is 1. The molecule has 84 valence electrons. The van der Waals surface area contributed by atoms with E-state index in [2.05, 4.69) is 10.3 Å². The van der Waals surface area contributed by atoms with Gasteiger partial charge in [-0.05, 0) is 23.9 Å². The number of aromatic nitrogens is 1. The second-order valence-corrected chi connectivity index (χ2v) is 3.74. The number of alkyl halides is 3. The van der Waals surface area contributed by atoms with E-state index in [0.717, 1.165) is 6.20 Å². The van der Waals surface area contributed by atoms with Gasteiger partial charge >= 0.3 is 5.51 Å². The van der Waals surface area contributed by atoms with Gasteiger partial charge in [0, 0.05) is 12.3 Å². The molecule has 0 aliphatic carbocycles. The molecule has 0 spiro atoms. The van der Waals surface area contributed by atoms with Crippen molar-refractivity contribution in [1.82, 2.24) is 4.98 Å². The topological polar surface area (TPSA) is 24.9 Å². The van der Waals surface area contributed by atoms with Crippen molar-refractivity contribution < 1.29 is 17.6 Å². The van der Waals surface area contributed by atoms with Gasteiger partial charge in [0.15, 0.2) is 0 Å². The summed E-state index contributed by atoms with van der Waals surface area (Å²) < 4.78 is 47.5. The highest BCUT2D eigenvalue weighted by molar-refractivity contribution is 8.00. The Kier molecular flexibility index (Phi) is 4.19. The fourth-order valence-corrected chi connectivity index (χ4v) is 1.26. The van der Waals surface area contributed by atoms with Crippen molar-refractivity contribution in [3.63, 3.8) is 0 Å². The normalized spacial score (nSPS) is 11.5. The minimum Gasteiger partial charge on any atom is -0.369 e. The largest absolute Gasteiger partial charge is 0.441 e. The highest BCUT2D eigenvalue weighted by atomic mass is 32.2. The number of nitrogens with zero attached hydrogens (tertiary/aromatic N) is 1. The summed E-state index contributed by atoms with van der Waals surface area (Å²) in [7, 11) is 0. The third-order valence-corrected chi connectivity index (χ3v) is 2.14. The standard InChI is InChI=1S/C8H8F4N2S/c9-6-1-2-7(14-5-6)13-3-4-15-8(10,11)12/h1-2,5H,3-4H2,(H,13,14). The predicted octanol–water partition coefficient (Wildman–Crippen LogP) is 2.89. The van der Waals surface area contributed by atoms with E-state index in [1.165, 1.54) is 12.1 Å². The molecule has 0 atom stereocenters. The SMILES string of the molecule is Fc1ccc(NCCSC(F)(F)F)nc1. The van der Waals surface area contributed by atoms with Crippen LogP contribution in [-0.4, -0.2) is 22.8 Å². The van der Waals surface area contributed by atoms with Gasteiger partial charge in [-0.1, -0.05) is 0 Å². The average Bonchev–Trinajstić information content (AvgIpc) is 2.14. The summed E-state index contributed by atoms with van der Waals surface area (Å²) in [4.78, 5) is 3.64. The zero-order valence-electron chi connectivity index (χ0n) is 7.51. The third-order valence-electron chi connectivity index (χ3n) is 1.40. The first-order valence-electron chi connectivity index (χ1n) is 4.03. The molecule has 2 nitrogen and oxygen atoms in total. The monoisotopic (exact) mass is 240 g/mol. The molecular formula is C8H8F4N2S. The second-order valence-electron chi connectivity index (χ2n) is 2.58. The van der Waals surface area contributed by atoms with Crippen LogP contribution in [0.4, 0.5) is 23.4 Å². The molecule has 0 bridgehead atoms. The summed E-state index contributed by atoms with van der Waals surface area (Å²) in [6, 6.07) is 2.56. The minimum absolute atomic E-state index is 0.108. The highest BCUT2D eigenvalue weighted by Gasteiger charge is 2.27. The first-order valence-corrected chi connectivity index (χ1v) is 5.02. The van der Waals surface area contributed by atoms with Gasteiger partial charge in [-0.3, -0.25) is 0 Å². The van der Waals surface area contributed by atoms with Crippen LogP contribution >= 0.6 is 11.8 Å². The lowest BCUT2D eigenvalue weighted by atomic mass is 10.4. The second kappa shape index (κ2) is 5.20. The fourth-order valence-electron chi connectivity index (χ4n) is 0.826. The number of pyridine rings is 1. The Morgan fingerprint density at radius 3 is 2.60 bits per heavy atom. The van der Waals surface area contributed by atoms with Gasteiger partial charge < -0.3 is 5.32 Å². The van der Waals surface area contributed by atoms with Gasteiger partial charge in [0.05, 0.1) is 6.20 Å². The maximum absolute atomic E-state index is 12.4. The summed E-state index contributed by atoms with van der Waals surface area (Å²) in [5.74, 6) is -0.230. The van der Waals surface area contributed by atoms with Crippen LogP contribution in [0.25, 0.3) is 0 Å². The highest BCUT2D eigenvalue weighted by Crippen LogP contribution is 2.29. The van der Waals surface area contributed by atoms with Crippen LogP contribution in [0.15, 0.2) is 18.3 Å². The molecule has 0 saturated heterocycles. The summed E-state index contributed by atoms with van der Waals surface area (Å²) >= 11 is -0.108. The quantitative estimate of drug-likeness (QED) is 0.647. The fraction of sp³-hybridized carbons (Fsp3) is 0.375. The summed E-state index contributed by atoms with van der Waals surface area (Å²) in [5, 5.41) is 2.65.